The van der Waals surface area contributed by atoms with Gasteiger partial charge in [-0.3, -0.25) is 34.2 Å². The van der Waals surface area contributed by atoms with Gasteiger partial charge in [0, 0.05) is 37.6 Å². The largest absolute Gasteiger partial charge is 0.493 e. The molecule has 0 saturated carbocycles. The molecule has 3 aromatic heterocycles. The average Bonchev–Trinajstić information content (AvgIpc) is 3.75. The van der Waals surface area contributed by atoms with E-state index in [0.29, 0.717) is 59.2 Å². The van der Waals surface area contributed by atoms with Crippen molar-refractivity contribution in [3.63, 3.8) is 0 Å². The smallest absolute Gasteiger partial charge is 0.278 e. The Morgan fingerprint density at radius 2 is 1.82 bits per heavy atom. The van der Waals surface area contributed by atoms with Crippen molar-refractivity contribution in [1.82, 2.24) is 34.5 Å². The van der Waals surface area contributed by atoms with E-state index in [1.807, 2.05) is 57.3 Å². The van der Waals surface area contributed by atoms with Crippen LogP contribution in [0.15, 0.2) is 78.2 Å². The van der Waals surface area contributed by atoms with Gasteiger partial charge in [-0.25, -0.2) is 19.3 Å². The molecule has 16 heteroatoms. The van der Waals surface area contributed by atoms with Crippen LogP contribution in [0.1, 0.15) is 85.7 Å². The number of aryl methyl sites for hydroxylation is 2. The molecule has 1 fully saturated rings. The van der Waals surface area contributed by atoms with E-state index in [0.717, 1.165) is 54.1 Å². The molecule has 1 aliphatic heterocycles. The van der Waals surface area contributed by atoms with E-state index in [1.54, 1.807) is 35.9 Å². The minimum absolute atomic E-state index is 0.0395. The standard InChI is InChI=1S/C42H45N9O7.C2H6/c1-4-21-50-40(56)30-24-43-42(47-38(30)51(50)34-19-12-27-11-18-32(53)37(27)45-34)44-28-13-15-29(16-14-28)48(3)22-6-5-7-23-58-33-10-8-9-26(2)36(33)41(57)49(25-52)31-17-20-35(54)46-39(31)55;1-2/h4,8-10,12-16,19,24-25,31-32,53H,1,5-7,11,17-18,20-23H2,2-3H3,(H,43,44,47)(H,46,54,55);1-2H3. The zero-order chi connectivity index (χ0) is 42.9. The molecule has 0 bridgehead atoms. The summed E-state index contributed by atoms with van der Waals surface area (Å²) in [7, 11) is 2.01. The number of amides is 4. The quantitative estimate of drug-likeness (QED) is 0.0504. The van der Waals surface area contributed by atoms with Crippen LogP contribution in [0.2, 0.25) is 0 Å². The first-order chi connectivity index (χ1) is 29.1. The summed E-state index contributed by atoms with van der Waals surface area (Å²) in [4.78, 5) is 79.7. The second kappa shape index (κ2) is 19.4. The van der Waals surface area contributed by atoms with E-state index >= 15 is 0 Å². The lowest BCUT2D eigenvalue weighted by atomic mass is 10.0. The molecule has 0 spiro atoms. The molecule has 16 nitrogen and oxygen atoms in total. The van der Waals surface area contributed by atoms with Gasteiger partial charge in [-0.05, 0) is 93.0 Å². The van der Waals surface area contributed by atoms with Crippen LogP contribution in [0.25, 0.3) is 16.9 Å². The number of nitrogens with one attached hydrogen (secondary N) is 2. The van der Waals surface area contributed by atoms with E-state index in [-0.39, 0.29) is 30.5 Å². The van der Waals surface area contributed by atoms with Gasteiger partial charge in [0.1, 0.15) is 17.2 Å². The molecule has 4 heterocycles. The summed E-state index contributed by atoms with van der Waals surface area (Å²) in [5, 5.41) is 16.2. The number of anilines is 3. The van der Waals surface area contributed by atoms with Gasteiger partial charge in [-0.2, -0.15) is 4.98 Å². The number of ether oxygens (including phenoxy) is 1. The van der Waals surface area contributed by atoms with E-state index in [2.05, 4.69) is 27.1 Å². The Labute approximate surface area is 347 Å². The number of fused-ring (bicyclic) bond motifs is 2. The van der Waals surface area contributed by atoms with Crippen LogP contribution < -0.4 is 25.8 Å². The minimum Gasteiger partial charge on any atom is -0.493 e. The third kappa shape index (κ3) is 9.13. The lowest BCUT2D eigenvalue weighted by molar-refractivity contribution is -0.139. The van der Waals surface area contributed by atoms with Crippen LogP contribution in [0.4, 0.5) is 17.3 Å². The number of pyridine rings is 1. The number of hydrogen-bond acceptors (Lipinski definition) is 12. The normalized spacial score (nSPS) is 15.7. The number of benzene rings is 2. The number of carbonyl (C=O) groups is 4. The average molecular weight is 818 g/mol. The van der Waals surface area contributed by atoms with Gasteiger partial charge in [0.05, 0.1) is 30.5 Å². The molecular formula is C44H51N9O7. The van der Waals surface area contributed by atoms with Crippen molar-refractivity contribution in [2.75, 3.05) is 30.4 Å². The monoisotopic (exact) mass is 817 g/mol. The molecule has 4 amide bonds. The molecular weight excluding hydrogens is 767 g/mol. The van der Waals surface area contributed by atoms with E-state index in [1.165, 1.54) is 10.9 Å². The SMILES string of the molecule is C=CCn1c(=O)c2cnc(Nc3ccc(N(C)CCCCCOc4cccc(C)c4C(=O)N(C=O)C4CCC(=O)NC4=O)cc3)nc2n1-c1ccc2c(n1)C(O)CC2.CC. The van der Waals surface area contributed by atoms with E-state index in [4.69, 9.17) is 14.7 Å². The highest BCUT2D eigenvalue weighted by Crippen LogP contribution is 2.31. The van der Waals surface area contributed by atoms with Crippen LogP contribution in [0.3, 0.4) is 0 Å². The fourth-order valence-electron chi connectivity index (χ4n) is 7.39. The molecule has 1 aliphatic carbocycles. The van der Waals surface area contributed by atoms with Crippen molar-refractivity contribution in [2.45, 2.75) is 84.4 Å². The second-order valence-electron chi connectivity index (χ2n) is 14.4. The Morgan fingerprint density at radius 3 is 2.55 bits per heavy atom. The number of carbonyl (C=O) groups excluding carboxylic acids is 4. The maximum atomic E-state index is 13.5. The predicted octanol–water partition coefficient (Wildman–Crippen LogP) is 5.31. The first-order valence-corrected chi connectivity index (χ1v) is 20.3. The summed E-state index contributed by atoms with van der Waals surface area (Å²) in [6.45, 7) is 10.9. The molecule has 5 aromatic rings. The van der Waals surface area contributed by atoms with Crippen molar-refractivity contribution in [3.05, 3.63) is 106 Å². The number of rotatable bonds is 16. The van der Waals surface area contributed by atoms with Crippen LogP contribution >= 0.6 is 0 Å². The molecule has 7 rings (SSSR count). The molecule has 60 heavy (non-hydrogen) atoms. The van der Waals surface area contributed by atoms with Gasteiger partial charge < -0.3 is 20.1 Å². The van der Waals surface area contributed by atoms with Crippen LogP contribution in [0.5, 0.6) is 5.75 Å². The lowest BCUT2D eigenvalue weighted by Gasteiger charge is -2.29. The molecule has 2 aromatic carbocycles. The Balaban J connectivity index is 0.00000297. The molecule has 2 unspecified atom stereocenters. The topological polar surface area (TPSA) is 194 Å². The van der Waals surface area contributed by atoms with E-state index in [9.17, 15) is 29.1 Å². The Bertz CT molecular complexity index is 2440. The van der Waals surface area contributed by atoms with Crippen molar-refractivity contribution in [1.29, 1.82) is 0 Å². The third-order valence-corrected chi connectivity index (χ3v) is 10.5. The molecule has 1 saturated heterocycles. The molecule has 3 N–H and O–H groups in total. The minimum atomic E-state index is -1.07. The summed E-state index contributed by atoms with van der Waals surface area (Å²) in [5.41, 5.74) is 4.30. The third-order valence-electron chi connectivity index (χ3n) is 10.5. The lowest BCUT2D eigenvalue weighted by Crippen LogP contribution is -2.54. The first-order valence-electron chi connectivity index (χ1n) is 20.3. The van der Waals surface area contributed by atoms with Gasteiger partial charge in [0.2, 0.25) is 24.2 Å². The van der Waals surface area contributed by atoms with Gasteiger partial charge >= 0.3 is 0 Å². The number of unbranched alkanes of at least 4 members (excludes halogenated alkanes) is 2. The van der Waals surface area contributed by atoms with Gasteiger partial charge in [0.15, 0.2) is 11.5 Å². The van der Waals surface area contributed by atoms with Crippen LogP contribution in [-0.4, -0.2) is 84.7 Å². The number of aliphatic hydroxyl groups excluding tert-OH is 1. The molecule has 0 radical (unpaired) electrons. The van der Waals surface area contributed by atoms with Crippen LogP contribution in [0, 0.1) is 6.92 Å². The molecule has 2 atom stereocenters. The number of aromatic nitrogens is 5. The van der Waals surface area contributed by atoms with Gasteiger partial charge in [-0.15, -0.1) is 6.58 Å². The van der Waals surface area contributed by atoms with Crippen molar-refractivity contribution < 1.29 is 29.0 Å². The van der Waals surface area contributed by atoms with Crippen LogP contribution in [-0.2, 0) is 27.3 Å². The fourth-order valence-corrected chi connectivity index (χ4v) is 7.39. The molecule has 2 aliphatic rings. The highest BCUT2D eigenvalue weighted by molar-refractivity contribution is 6.08. The van der Waals surface area contributed by atoms with Gasteiger partial charge in [-0.1, -0.05) is 38.1 Å². The zero-order valence-corrected chi connectivity index (χ0v) is 34.4. The number of nitrogens with zero attached hydrogens (tertiary/aromatic N) is 7. The maximum Gasteiger partial charge on any atom is 0.278 e. The predicted molar refractivity (Wildman–Crippen MR) is 228 cm³/mol. The van der Waals surface area contributed by atoms with E-state index < -0.39 is 29.9 Å². The first kappa shape index (κ1) is 42.9. The second-order valence-corrected chi connectivity index (χ2v) is 14.4. The zero-order valence-electron chi connectivity index (χ0n) is 34.4. The van der Waals surface area contributed by atoms with Crippen molar-refractivity contribution in [2.24, 2.45) is 0 Å². The Morgan fingerprint density at radius 1 is 1.03 bits per heavy atom. The fraction of sp³-hybridized carbons (Fsp3) is 0.364. The summed E-state index contributed by atoms with van der Waals surface area (Å²) in [5.74, 6) is -0.648. The number of hydrogen-bond donors (Lipinski definition) is 3. The number of imide groups is 2. The highest BCUT2D eigenvalue weighted by atomic mass is 16.5. The summed E-state index contributed by atoms with van der Waals surface area (Å²) < 4.78 is 9.18. The Kier molecular flexibility index (Phi) is 13.9. The Hall–Kier alpha value is -6.68. The summed E-state index contributed by atoms with van der Waals surface area (Å²) >= 11 is 0. The van der Waals surface area contributed by atoms with Gasteiger partial charge in [0.25, 0.3) is 11.5 Å². The number of piperidine rings is 1. The molecule has 314 valence electrons. The number of aliphatic hydroxyl groups is 1. The highest BCUT2D eigenvalue weighted by Gasteiger charge is 2.36. The maximum absolute atomic E-state index is 13.5. The van der Waals surface area contributed by atoms with Crippen molar-refractivity contribution >= 4 is 52.5 Å². The summed E-state index contributed by atoms with van der Waals surface area (Å²) in [6.07, 6.45) is 6.75. The van der Waals surface area contributed by atoms with Crippen molar-refractivity contribution in [3.8, 4) is 11.6 Å². The summed E-state index contributed by atoms with van der Waals surface area (Å²) in [6, 6.07) is 15.7. The number of allylic oxidation sites excluding steroid dienone is 1.